The number of phenols is 1. The van der Waals surface area contributed by atoms with Crippen molar-refractivity contribution in [1.29, 1.82) is 0 Å². The first kappa shape index (κ1) is 14.8. The Labute approximate surface area is 105 Å². The Morgan fingerprint density at radius 1 is 1.32 bits per heavy atom. The molecule has 0 aliphatic heterocycles. The highest BCUT2D eigenvalue weighted by atomic mass is 19.2. The molecule has 0 fully saturated rings. The van der Waals surface area contributed by atoms with Crippen LogP contribution in [-0.4, -0.2) is 28.1 Å². The first-order chi connectivity index (χ1) is 8.79. The molecule has 0 bridgehead atoms. The van der Waals surface area contributed by atoms with Crippen molar-refractivity contribution in [1.82, 2.24) is 5.32 Å². The van der Waals surface area contributed by atoms with Crippen LogP contribution in [0, 0.1) is 17.5 Å². The SMILES string of the molecule is CC[C@H](NC(=O)c1cc(F)c(F)c(O)c1F)C(=O)O. The van der Waals surface area contributed by atoms with Crippen molar-refractivity contribution in [2.75, 3.05) is 0 Å². The monoisotopic (exact) mass is 277 g/mol. The number of benzene rings is 1. The van der Waals surface area contributed by atoms with Gasteiger partial charge in [-0.2, -0.15) is 4.39 Å². The van der Waals surface area contributed by atoms with E-state index in [0.29, 0.717) is 0 Å². The average Bonchev–Trinajstić information content (AvgIpc) is 2.36. The van der Waals surface area contributed by atoms with Crippen LogP contribution in [0.15, 0.2) is 6.07 Å². The topological polar surface area (TPSA) is 86.6 Å². The predicted molar refractivity (Wildman–Crippen MR) is 57.2 cm³/mol. The lowest BCUT2D eigenvalue weighted by Crippen LogP contribution is -2.40. The van der Waals surface area contributed by atoms with Crippen molar-refractivity contribution in [3.8, 4) is 5.75 Å². The number of halogens is 3. The van der Waals surface area contributed by atoms with Crippen LogP contribution in [0.3, 0.4) is 0 Å². The van der Waals surface area contributed by atoms with Gasteiger partial charge in [0.05, 0.1) is 5.56 Å². The molecule has 19 heavy (non-hydrogen) atoms. The molecule has 5 nitrogen and oxygen atoms in total. The third kappa shape index (κ3) is 2.95. The number of nitrogens with one attached hydrogen (secondary N) is 1. The number of phenolic OH excluding ortho intramolecular Hbond substituents is 1. The molecule has 0 heterocycles. The van der Waals surface area contributed by atoms with E-state index >= 15 is 0 Å². The van der Waals surface area contributed by atoms with Crippen LogP contribution < -0.4 is 5.32 Å². The van der Waals surface area contributed by atoms with E-state index in [9.17, 15) is 22.8 Å². The normalized spacial score (nSPS) is 12.0. The van der Waals surface area contributed by atoms with E-state index in [4.69, 9.17) is 10.2 Å². The fourth-order valence-electron chi connectivity index (χ4n) is 1.33. The molecule has 0 aliphatic carbocycles. The third-order valence-corrected chi connectivity index (χ3v) is 2.39. The second-order valence-corrected chi connectivity index (χ2v) is 3.66. The largest absolute Gasteiger partial charge is 0.503 e. The van der Waals surface area contributed by atoms with E-state index in [2.05, 4.69) is 0 Å². The number of rotatable bonds is 4. The summed E-state index contributed by atoms with van der Waals surface area (Å²) in [6, 6.07) is -1.06. The number of hydrogen-bond donors (Lipinski definition) is 3. The van der Waals surface area contributed by atoms with Gasteiger partial charge in [-0.3, -0.25) is 4.79 Å². The number of carboxylic acid groups (broad SMARTS) is 1. The molecule has 1 atom stereocenters. The maximum atomic E-state index is 13.4. The van der Waals surface area contributed by atoms with Crippen LogP contribution in [0.4, 0.5) is 13.2 Å². The highest BCUT2D eigenvalue weighted by molar-refractivity contribution is 5.97. The van der Waals surface area contributed by atoms with Gasteiger partial charge in [0.15, 0.2) is 17.4 Å². The summed E-state index contributed by atoms with van der Waals surface area (Å²) in [5.41, 5.74) is -0.976. The van der Waals surface area contributed by atoms with Crippen molar-refractivity contribution in [3.05, 3.63) is 29.1 Å². The van der Waals surface area contributed by atoms with Crippen LogP contribution in [0.5, 0.6) is 5.75 Å². The van der Waals surface area contributed by atoms with Crippen LogP contribution in [0.25, 0.3) is 0 Å². The summed E-state index contributed by atoms with van der Waals surface area (Å²) in [7, 11) is 0. The molecule has 1 aromatic rings. The second-order valence-electron chi connectivity index (χ2n) is 3.66. The second kappa shape index (κ2) is 5.59. The van der Waals surface area contributed by atoms with Gasteiger partial charge in [-0.25, -0.2) is 13.6 Å². The van der Waals surface area contributed by atoms with Crippen molar-refractivity contribution in [2.45, 2.75) is 19.4 Å². The summed E-state index contributed by atoms with van der Waals surface area (Å²) in [4.78, 5) is 22.2. The Bertz CT molecular complexity index is 533. The molecule has 1 rings (SSSR count). The summed E-state index contributed by atoms with van der Waals surface area (Å²) in [5, 5.41) is 19.5. The molecular formula is C11H10F3NO4. The van der Waals surface area contributed by atoms with E-state index in [1.54, 1.807) is 0 Å². The van der Waals surface area contributed by atoms with Crippen LogP contribution >= 0.6 is 0 Å². The molecule has 0 aliphatic rings. The van der Waals surface area contributed by atoms with Gasteiger partial charge in [0.1, 0.15) is 6.04 Å². The van der Waals surface area contributed by atoms with Gasteiger partial charge < -0.3 is 15.5 Å². The molecule has 0 saturated carbocycles. The lowest BCUT2D eigenvalue weighted by atomic mass is 10.1. The molecule has 8 heteroatoms. The Balaban J connectivity index is 3.11. The zero-order valence-corrected chi connectivity index (χ0v) is 9.71. The molecule has 1 amide bonds. The van der Waals surface area contributed by atoms with Gasteiger partial charge in [0.2, 0.25) is 5.82 Å². The standard InChI is InChI=1S/C11H10F3NO4/c1-2-6(11(18)19)15-10(17)4-3-5(12)8(14)9(16)7(4)13/h3,6,16H,2H2,1H3,(H,15,17)(H,18,19)/t6-/m0/s1. The van der Waals surface area contributed by atoms with Crippen molar-refractivity contribution in [3.63, 3.8) is 0 Å². The van der Waals surface area contributed by atoms with E-state index in [1.165, 1.54) is 6.92 Å². The fraction of sp³-hybridized carbons (Fsp3) is 0.273. The van der Waals surface area contributed by atoms with Crippen molar-refractivity contribution in [2.24, 2.45) is 0 Å². The number of carbonyl (C=O) groups is 2. The maximum Gasteiger partial charge on any atom is 0.326 e. The molecule has 1 aromatic carbocycles. The van der Waals surface area contributed by atoms with Crippen molar-refractivity contribution >= 4 is 11.9 Å². The van der Waals surface area contributed by atoms with Gasteiger partial charge in [0, 0.05) is 0 Å². The minimum Gasteiger partial charge on any atom is -0.503 e. The molecule has 0 spiro atoms. The number of hydrogen-bond acceptors (Lipinski definition) is 3. The van der Waals surface area contributed by atoms with E-state index < -0.39 is 46.7 Å². The number of carboxylic acids is 1. The Kier molecular flexibility index (Phi) is 4.36. The first-order valence-corrected chi connectivity index (χ1v) is 5.19. The predicted octanol–water partition coefficient (Wildman–Crippen LogP) is 1.40. The van der Waals surface area contributed by atoms with Gasteiger partial charge in [-0.05, 0) is 12.5 Å². The number of aromatic hydroxyl groups is 1. The Hall–Kier alpha value is -2.25. The van der Waals surface area contributed by atoms with Gasteiger partial charge in [-0.15, -0.1) is 0 Å². The molecule has 0 unspecified atom stereocenters. The van der Waals surface area contributed by atoms with Crippen LogP contribution in [0.1, 0.15) is 23.7 Å². The molecule has 3 N–H and O–H groups in total. The average molecular weight is 277 g/mol. The zero-order valence-electron chi connectivity index (χ0n) is 9.71. The van der Waals surface area contributed by atoms with E-state index in [-0.39, 0.29) is 12.5 Å². The van der Waals surface area contributed by atoms with Gasteiger partial charge in [0.25, 0.3) is 5.91 Å². The lowest BCUT2D eigenvalue weighted by Gasteiger charge is -2.13. The Morgan fingerprint density at radius 3 is 2.37 bits per heavy atom. The van der Waals surface area contributed by atoms with Gasteiger partial charge in [-0.1, -0.05) is 6.92 Å². The summed E-state index contributed by atoms with van der Waals surface area (Å²) in [5.74, 6) is -9.35. The van der Waals surface area contributed by atoms with Crippen molar-refractivity contribution < 1.29 is 33.0 Å². The molecular weight excluding hydrogens is 267 g/mol. The van der Waals surface area contributed by atoms with Crippen LogP contribution in [0.2, 0.25) is 0 Å². The highest BCUT2D eigenvalue weighted by Crippen LogP contribution is 2.25. The van der Waals surface area contributed by atoms with Gasteiger partial charge >= 0.3 is 5.97 Å². The fourth-order valence-corrected chi connectivity index (χ4v) is 1.33. The smallest absolute Gasteiger partial charge is 0.326 e. The number of amides is 1. The molecule has 104 valence electrons. The molecule has 0 saturated heterocycles. The molecule has 0 radical (unpaired) electrons. The quantitative estimate of drug-likeness (QED) is 0.726. The summed E-state index contributed by atoms with van der Waals surface area (Å²) >= 11 is 0. The lowest BCUT2D eigenvalue weighted by molar-refractivity contribution is -0.139. The zero-order chi connectivity index (χ0) is 14.7. The summed E-state index contributed by atoms with van der Waals surface area (Å²) in [6.45, 7) is 1.46. The van der Waals surface area contributed by atoms with E-state index in [1.807, 2.05) is 5.32 Å². The summed E-state index contributed by atoms with van der Waals surface area (Å²) < 4.78 is 39.1. The minimum atomic E-state index is -1.82. The highest BCUT2D eigenvalue weighted by Gasteiger charge is 2.25. The minimum absolute atomic E-state index is 0.0123. The maximum absolute atomic E-state index is 13.4. The summed E-state index contributed by atoms with van der Waals surface area (Å²) in [6.07, 6.45) is 0.0123. The number of aliphatic carboxylic acids is 1. The third-order valence-electron chi connectivity index (χ3n) is 2.39. The number of carbonyl (C=O) groups excluding carboxylic acids is 1. The van der Waals surface area contributed by atoms with E-state index in [0.717, 1.165) is 0 Å². The first-order valence-electron chi connectivity index (χ1n) is 5.19. The van der Waals surface area contributed by atoms with Crippen LogP contribution in [-0.2, 0) is 4.79 Å². The Morgan fingerprint density at radius 2 is 1.89 bits per heavy atom. The molecule has 0 aromatic heterocycles.